The van der Waals surface area contributed by atoms with Gasteiger partial charge in [0.25, 0.3) is 0 Å². The lowest BCUT2D eigenvalue weighted by molar-refractivity contribution is -0.117. The van der Waals surface area contributed by atoms with Gasteiger partial charge in [-0.15, -0.1) is 5.10 Å². The van der Waals surface area contributed by atoms with Crippen LogP contribution < -0.4 is 16.0 Å². The lowest BCUT2D eigenvalue weighted by Gasteiger charge is -2.23. The lowest BCUT2D eigenvalue weighted by atomic mass is 10.0. The van der Waals surface area contributed by atoms with Gasteiger partial charge >= 0.3 is 6.09 Å². The van der Waals surface area contributed by atoms with Crippen molar-refractivity contribution in [2.75, 3.05) is 17.7 Å². The Morgan fingerprint density at radius 1 is 1.13 bits per heavy atom. The molecule has 14 nitrogen and oxygen atoms in total. The number of aryl methyl sites for hydroxylation is 1. The second-order valence-corrected chi connectivity index (χ2v) is 11.8. The first kappa shape index (κ1) is 31.8. The van der Waals surface area contributed by atoms with Crippen molar-refractivity contribution in [2.24, 2.45) is 7.05 Å². The Balaban J connectivity index is 1.29. The van der Waals surface area contributed by atoms with Crippen molar-refractivity contribution in [2.45, 2.75) is 37.8 Å². The van der Waals surface area contributed by atoms with Gasteiger partial charge in [-0.25, -0.2) is 9.78 Å². The highest BCUT2D eigenvalue weighted by molar-refractivity contribution is 6.31. The van der Waals surface area contributed by atoms with E-state index in [0.29, 0.717) is 51.3 Å². The molecular formula is C31H31Cl2N11O3. The monoisotopic (exact) mass is 675 g/mol. The lowest BCUT2D eigenvalue weighted by Crippen LogP contribution is -2.28. The fourth-order valence-electron chi connectivity index (χ4n) is 5.47. The van der Waals surface area contributed by atoms with E-state index < -0.39 is 12.1 Å². The molecule has 4 heterocycles. The number of anilines is 2. The van der Waals surface area contributed by atoms with Crippen LogP contribution in [-0.2, 0) is 16.6 Å². The van der Waals surface area contributed by atoms with E-state index in [1.165, 1.54) is 24.2 Å². The number of H-pyrrole nitrogens is 1. The van der Waals surface area contributed by atoms with Crippen LogP contribution in [0.3, 0.4) is 0 Å². The maximum atomic E-state index is 13.3. The Morgan fingerprint density at radius 2 is 1.98 bits per heavy atom. The molecule has 47 heavy (non-hydrogen) atoms. The second-order valence-electron chi connectivity index (χ2n) is 10.9. The number of nitrogens with one attached hydrogen (secondary N) is 4. The molecule has 1 aliphatic heterocycles. The summed E-state index contributed by atoms with van der Waals surface area (Å²) in [5.74, 6) is 0.313. The first-order valence-electron chi connectivity index (χ1n) is 14.8. The van der Waals surface area contributed by atoms with Crippen molar-refractivity contribution in [3.63, 3.8) is 0 Å². The smallest absolute Gasteiger partial charge is 0.411 e. The van der Waals surface area contributed by atoms with E-state index in [-0.39, 0.29) is 11.9 Å². The van der Waals surface area contributed by atoms with Crippen LogP contribution in [0.1, 0.15) is 54.8 Å². The molecule has 0 fully saturated rings. The maximum absolute atomic E-state index is 13.3. The zero-order valence-corrected chi connectivity index (χ0v) is 27.0. The Labute approximate surface area is 279 Å². The molecule has 2 bridgehead atoms. The minimum atomic E-state index is -0.583. The summed E-state index contributed by atoms with van der Waals surface area (Å²) < 4.78 is 7.96. The Morgan fingerprint density at radius 3 is 2.74 bits per heavy atom. The molecule has 5 aromatic rings. The molecule has 0 aliphatic carbocycles. The van der Waals surface area contributed by atoms with Crippen LogP contribution in [0.5, 0.6) is 0 Å². The number of benzene rings is 2. The summed E-state index contributed by atoms with van der Waals surface area (Å²) in [6, 6.07) is 10.1. The highest BCUT2D eigenvalue weighted by atomic mass is 35.5. The van der Waals surface area contributed by atoms with E-state index >= 15 is 0 Å². The molecule has 0 saturated carbocycles. The van der Waals surface area contributed by atoms with Gasteiger partial charge in [0.1, 0.15) is 17.8 Å². The molecule has 16 heteroatoms. The maximum Gasteiger partial charge on any atom is 0.411 e. The van der Waals surface area contributed by atoms with Crippen molar-refractivity contribution in [1.29, 1.82) is 0 Å². The van der Waals surface area contributed by atoms with Gasteiger partial charge < -0.3 is 20.4 Å². The number of nitrogens with zero attached hydrogens (tertiary/aromatic N) is 7. The molecule has 1 aliphatic rings. The number of ether oxygens (including phenoxy) is 1. The number of fused-ring (bicyclic) bond motifs is 4. The van der Waals surface area contributed by atoms with Gasteiger partial charge in [0, 0.05) is 46.8 Å². The summed E-state index contributed by atoms with van der Waals surface area (Å²) in [6.07, 6.45) is 10.4. The first-order chi connectivity index (χ1) is 22.8. The second kappa shape index (κ2) is 14.1. The number of rotatable bonds is 6. The zero-order chi connectivity index (χ0) is 32.9. The van der Waals surface area contributed by atoms with E-state index in [1.54, 1.807) is 47.4 Å². The highest BCUT2D eigenvalue weighted by Gasteiger charge is 2.24. The number of imidazole rings is 1. The Hall–Kier alpha value is -5.21. The normalized spacial score (nSPS) is 16.4. The van der Waals surface area contributed by atoms with Crippen molar-refractivity contribution >= 4 is 52.7 Å². The van der Waals surface area contributed by atoms with E-state index in [2.05, 4.69) is 46.5 Å². The fourth-order valence-corrected chi connectivity index (χ4v) is 5.96. The van der Waals surface area contributed by atoms with Gasteiger partial charge in [-0.05, 0) is 65.7 Å². The molecular weight excluding hydrogens is 645 g/mol. The topological polar surface area (TPSA) is 170 Å². The molecule has 0 unspecified atom stereocenters. The van der Waals surface area contributed by atoms with Crippen LogP contribution in [-0.4, -0.2) is 59.1 Å². The summed E-state index contributed by atoms with van der Waals surface area (Å²) in [5.41, 5.74) is 4.85. The minimum absolute atomic E-state index is 0.235. The number of halogens is 2. The molecule has 3 aromatic heterocycles. The van der Waals surface area contributed by atoms with Gasteiger partial charge in [0.05, 0.1) is 41.8 Å². The van der Waals surface area contributed by atoms with E-state index in [9.17, 15) is 9.59 Å². The van der Waals surface area contributed by atoms with E-state index in [1.807, 2.05) is 19.2 Å². The Kier molecular flexibility index (Phi) is 9.50. The number of aromatic amines is 1. The number of carbonyl (C=O) groups is 2. The summed E-state index contributed by atoms with van der Waals surface area (Å²) in [7, 11) is 3.13. The summed E-state index contributed by atoms with van der Waals surface area (Å²) >= 11 is 12.8. The van der Waals surface area contributed by atoms with Crippen molar-refractivity contribution in [1.82, 2.24) is 45.3 Å². The van der Waals surface area contributed by atoms with Crippen LogP contribution in [0.25, 0.3) is 23.0 Å². The molecule has 242 valence electrons. The third-order valence-corrected chi connectivity index (χ3v) is 8.22. The largest absolute Gasteiger partial charge is 0.453 e. The van der Waals surface area contributed by atoms with Crippen LogP contribution in [0.15, 0.2) is 61.2 Å². The molecule has 0 radical (unpaired) electrons. The van der Waals surface area contributed by atoms with Gasteiger partial charge in [-0.2, -0.15) is 9.78 Å². The van der Waals surface area contributed by atoms with Crippen LogP contribution in [0.4, 0.5) is 16.2 Å². The number of amides is 2. The number of tetrazole rings is 1. The molecule has 2 aromatic carbocycles. The molecule has 4 N–H and O–H groups in total. The molecule has 2 atom stereocenters. The van der Waals surface area contributed by atoms with Gasteiger partial charge in [0.15, 0.2) is 0 Å². The number of methoxy groups -OCH3 is 1. The number of aromatic nitrogens is 8. The predicted octanol–water partition coefficient (Wildman–Crippen LogP) is 5.87. The average molecular weight is 677 g/mol. The number of carbonyl (C=O) groups excluding carboxylic acids is 2. The third-order valence-electron chi connectivity index (χ3n) is 7.69. The predicted molar refractivity (Wildman–Crippen MR) is 177 cm³/mol. The van der Waals surface area contributed by atoms with Crippen LogP contribution in [0.2, 0.25) is 10.0 Å². The Bertz CT molecular complexity index is 1920. The standard InChI is InChI=1S/C31H31Cl2N11O3/c1-43-16-22(33)29(40-43)23-5-3-4-6-24(38-28(45)12-7-18-13-19(32)8-11-27(18)44-17-35-41-42-44)30-34-15-26(39-30)21-10-9-20(14-25(21)37-23)36-31(46)47-2/h7-17,23-24,37H,3-6H2,1-2H3,(H,34,39)(H,36,46)(H,38,45)/b12-7+/t23-,24-/m0/s1. The molecule has 0 spiro atoms. The van der Waals surface area contributed by atoms with E-state index in [4.69, 9.17) is 27.9 Å². The number of hydrogen-bond acceptors (Lipinski definition) is 9. The zero-order valence-electron chi connectivity index (χ0n) is 25.4. The summed E-state index contributed by atoms with van der Waals surface area (Å²) in [4.78, 5) is 33.3. The average Bonchev–Trinajstić information content (AvgIpc) is 3.82. The quantitative estimate of drug-likeness (QED) is 0.161. The van der Waals surface area contributed by atoms with Crippen molar-refractivity contribution in [3.8, 4) is 16.9 Å². The molecule has 2 amide bonds. The highest BCUT2D eigenvalue weighted by Crippen LogP contribution is 2.37. The van der Waals surface area contributed by atoms with Crippen molar-refractivity contribution in [3.05, 3.63) is 88.3 Å². The first-order valence-corrected chi connectivity index (χ1v) is 15.5. The van der Waals surface area contributed by atoms with Crippen LogP contribution >= 0.6 is 23.2 Å². The number of hydrogen-bond donors (Lipinski definition) is 4. The van der Waals surface area contributed by atoms with Crippen molar-refractivity contribution < 1.29 is 14.3 Å². The SMILES string of the molecule is COC(=O)Nc1ccc2c(c1)N[C@H](c1nn(C)cc1Cl)CCCC[C@H](NC(=O)/C=C/c1cc(Cl)ccc1-n1cnnn1)c1ncc-2[nH]1. The van der Waals surface area contributed by atoms with E-state index in [0.717, 1.165) is 29.8 Å². The fraction of sp³-hybridized carbons (Fsp3) is 0.258. The minimum Gasteiger partial charge on any atom is -0.453 e. The van der Waals surface area contributed by atoms with Gasteiger partial charge in [-0.1, -0.05) is 36.0 Å². The molecule has 0 saturated heterocycles. The van der Waals surface area contributed by atoms with Gasteiger partial charge in [0.2, 0.25) is 5.91 Å². The third kappa shape index (κ3) is 7.45. The van der Waals surface area contributed by atoms with Gasteiger partial charge in [-0.3, -0.25) is 14.8 Å². The molecule has 6 rings (SSSR count). The summed E-state index contributed by atoms with van der Waals surface area (Å²) in [5, 5.41) is 26.5. The summed E-state index contributed by atoms with van der Waals surface area (Å²) in [6.45, 7) is 0. The van der Waals surface area contributed by atoms with Crippen LogP contribution in [0, 0.1) is 0 Å².